The first-order valence-electron chi connectivity index (χ1n) is 7.87. The standard InChI is InChI=1S/C18H30O2Si/c1-7-8-11-16(19)14-13-15-10-9-12-17(15)20-21(5,6)18(2,3)4/h7,10,13-14,17H,1,8-9,11-12H2,2-6H3/b14-13+. The zero-order chi connectivity index (χ0) is 16.1. The highest BCUT2D eigenvalue weighted by Gasteiger charge is 2.40. The van der Waals surface area contributed by atoms with Gasteiger partial charge in [-0.1, -0.05) is 39.0 Å². The molecule has 0 N–H and O–H groups in total. The van der Waals surface area contributed by atoms with E-state index < -0.39 is 8.32 Å². The topological polar surface area (TPSA) is 26.3 Å². The van der Waals surface area contributed by atoms with Crippen molar-refractivity contribution >= 4 is 14.1 Å². The lowest BCUT2D eigenvalue weighted by atomic mass is 10.1. The fourth-order valence-electron chi connectivity index (χ4n) is 2.05. The number of carbonyl (C=O) groups is 1. The van der Waals surface area contributed by atoms with Crippen LogP contribution in [0, 0.1) is 0 Å². The molecular formula is C18H30O2Si. The summed E-state index contributed by atoms with van der Waals surface area (Å²) in [5, 5.41) is 0.212. The molecule has 0 aromatic heterocycles. The Morgan fingerprint density at radius 2 is 2.14 bits per heavy atom. The largest absolute Gasteiger partial charge is 0.410 e. The maximum atomic E-state index is 11.7. The third-order valence-corrected chi connectivity index (χ3v) is 8.97. The summed E-state index contributed by atoms with van der Waals surface area (Å²) in [7, 11) is -1.76. The fraction of sp³-hybridized carbons (Fsp3) is 0.611. The molecule has 118 valence electrons. The molecule has 1 atom stereocenters. The number of carbonyl (C=O) groups excluding carboxylic acids is 1. The minimum Gasteiger partial charge on any atom is -0.410 e. The fourth-order valence-corrected chi connectivity index (χ4v) is 3.37. The van der Waals surface area contributed by atoms with Gasteiger partial charge in [-0.3, -0.25) is 4.79 Å². The van der Waals surface area contributed by atoms with Crippen LogP contribution in [0.1, 0.15) is 46.5 Å². The van der Waals surface area contributed by atoms with Crippen LogP contribution < -0.4 is 0 Å². The van der Waals surface area contributed by atoms with Gasteiger partial charge in [0.05, 0.1) is 6.10 Å². The summed E-state index contributed by atoms with van der Waals surface area (Å²) in [5.41, 5.74) is 1.17. The first-order chi connectivity index (χ1) is 9.67. The molecule has 1 aliphatic rings. The minimum atomic E-state index is -1.76. The van der Waals surface area contributed by atoms with Crippen LogP contribution in [-0.2, 0) is 9.22 Å². The lowest BCUT2D eigenvalue weighted by molar-refractivity contribution is -0.114. The lowest BCUT2D eigenvalue weighted by Gasteiger charge is -2.38. The Labute approximate surface area is 131 Å². The van der Waals surface area contributed by atoms with E-state index in [0.717, 1.165) is 19.3 Å². The number of hydrogen-bond donors (Lipinski definition) is 0. The zero-order valence-electron chi connectivity index (χ0n) is 14.2. The molecule has 21 heavy (non-hydrogen) atoms. The van der Waals surface area contributed by atoms with Crippen LogP contribution in [0.15, 0.2) is 36.5 Å². The van der Waals surface area contributed by atoms with Crippen molar-refractivity contribution in [3.8, 4) is 0 Å². The average Bonchev–Trinajstić information content (AvgIpc) is 2.79. The molecule has 0 saturated carbocycles. The SMILES string of the molecule is C=CCCC(=O)/C=C/C1=CCCC1O[Si](C)(C)C(C)(C)C. The smallest absolute Gasteiger partial charge is 0.192 e. The molecule has 0 aromatic carbocycles. The Kier molecular flexibility index (Phi) is 6.35. The molecule has 0 fully saturated rings. The van der Waals surface area contributed by atoms with Gasteiger partial charge in [0.2, 0.25) is 0 Å². The van der Waals surface area contributed by atoms with Crippen molar-refractivity contribution in [1.29, 1.82) is 0 Å². The van der Waals surface area contributed by atoms with Gasteiger partial charge >= 0.3 is 0 Å². The van der Waals surface area contributed by atoms with E-state index in [-0.39, 0.29) is 16.9 Å². The average molecular weight is 307 g/mol. The second-order valence-corrected chi connectivity index (χ2v) is 12.0. The molecule has 3 heteroatoms. The molecule has 0 aromatic rings. The molecule has 0 aliphatic heterocycles. The summed E-state index contributed by atoms with van der Waals surface area (Å²) in [6.45, 7) is 15.0. The molecule has 0 saturated heterocycles. The summed E-state index contributed by atoms with van der Waals surface area (Å²) in [6.07, 6.45) is 11.2. The number of allylic oxidation sites excluding steroid dienone is 3. The van der Waals surface area contributed by atoms with E-state index in [9.17, 15) is 4.79 Å². The Bertz CT molecular complexity index is 439. The minimum absolute atomic E-state index is 0.161. The van der Waals surface area contributed by atoms with Gasteiger partial charge in [-0.2, -0.15) is 0 Å². The van der Waals surface area contributed by atoms with Crippen LogP contribution in [0.5, 0.6) is 0 Å². The summed E-state index contributed by atoms with van der Waals surface area (Å²) < 4.78 is 6.48. The van der Waals surface area contributed by atoms with E-state index in [4.69, 9.17) is 4.43 Å². The Morgan fingerprint density at radius 3 is 2.71 bits per heavy atom. The van der Waals surface area contributed by atoms with E-state index in [1.165, 1.54) is 5.57 Å². The quantitative estimate of drug-likeness (QED) is 0.367. The Hall–Kier alpha value is -0.933. The van der Waals surface area contributed by atoms with Crippen molar-refractivity contribution in [2.45, 2.75) is 70.7 Å². The van der Waals surface area contributed by atoms with Crippen molar-refractivity contribution in [1.82, 2.24) is 0 Å². The van der Waals surface area contributed by atoms with Crippen LogP contribution in [-0.4, -0.2) is 20.2 Å². The zero-order valence-corrected chi connectivity index (χ0v) is 15.2. The second-order valence-electron chi connectivity index (χ2n) is 7.28. The number of rotatable bonds is 7. The predicted octanol–water partition coefficient (Wildman–Crippen LogP) is 5.19. The van der Waals surface area contributed by atoms with Crippen molar-refractivity contribution in [3.05, 3.63) is 36.5 Å². The van der Waals surface area contributed by atoms with Gasteiger partial charge in [0, 0.05) is 6.42 Å². The highest BCUT2D eigenvalue weighted by atomic mass is 28.4. The predicted molar refractivity (Wildman–Crippen MR) is 93.0 cm³/mol. The molecule has 0 heterocycles. The van der Waals surface area contributed by atoms with Crippen molar-refractivity contribution in [2.24, 2.45) is 0 Å². The third-order valence-electron chi connectivity index (χ3n) is 4.48. The number of ketones is 1. The van der Waals surface area contributed by atoms with Gasteiger partial charge in [-0.25, -0.2) is 0 Å². The summed E-state index contributed by atoms with van der Waals surface area (Å²) in [4.78, 5) is 11.7. The molecule has 0 radical (unpaired) electrons. The van der Waals surface area contributed by atoms with Crippen LogP contribution in [0.25, 0.3) is 0 Å². The molecular weight excluding hydrogens is 276 g/mol. The van der Waals surface area contributed by atoms with Crippen LogP contribution >= 0.6 is 0 Å². The van der Waals surface area contributed by atoms with E-state index in [1.54, 1.807) is 12.2 Å². The van der Waals surface area contributed by atoms with Crippen molar-refractivity contribution in [3.63, 3.8) is 0 Å². The number of hydrogen-bond acceptors (Lipinski definition) is 2. The van der Waals surface area contributed by atoms with Crippen LogP contribution in [0.4, 0.5) is 0 Å². The molecule has 0 amide bonds. The van der Waals surface area contributed by atoms with Gasteiger partial charge in [0.1, 0.15) is 0 Å². The molecule has 0 bridgehead atoms. The first-order valence-corrected chi connectivity index (χ1v) is 10.8. The van der Waals surface area contributed by atoms with Gasteiger partial charge in [0.15, 0.2) is 14.1 Å². The lowest BCUT2D eigenvalue weighted by Crippen LogP contribution is -2.43. The van der Waals surface area contributed by atoms with Gasteiger partial charge in [0.25, 0.3) is 0 Å². The first kappa shape index (κ1) is 18.1. The molecule has 1 rings (SSSR count). The Morgan fingerprint density at radius 1 is 1.48 bits per heavy atom. The van der Waals surface area contributed by atoms with E-state index in [1.807, 2.05) is 6.08 Å². The van der Waals surface area contributed by atoms with E-state index >= 15 is 0 Å². The maximum absolute atomic E-state index is 11.7. The molecule has 2 nitrogen and oxygen atoms in total. The monoisotopic (exact) mass is 306 g/mol. The highest BCUT2D eigenvalue weighted by molar-refractivity contribution is 6.74. The van der Waals surface area contributed by atoms with Crippen LogP contribution in [0.3, 0.4) is 0 Å². The van der Waals surface area contributed by atoms with E-state index in [2.05, 4.69) is 46.5 Å². The van der Waals surface area contributed by atoms with E-state index in [0.29, 0.717) is 6.42 Å². The molecule has 1 unspecified atom stereocenters. The summed E-state index contributed by atoms with van der Waals surface area (Å²) in [5.74, 6) is 0.161. The van der Waals surface area contributed by atoms with Gasteiger partial charge < -0.3 is 4.43 Å². The molecule has 0 spiro atoms. The highest BCUT2D eigenvalue weighted by Crippen LogP contribution is 2.39. The summed E-state index contributed by atoms with van der Waals surface area (Å²) in [6, 6.07) is 0. The summed E-state index contributed by atoms with van der Waals surface area (Å²) >= 11 is 0. The normalized spacial score (nSPS) is 19.9. The van der Waals surface area contributed by atoms with Crippen LogP contribution in [0.2, 0.25) is 18.1 Å². The Balaban J connectivity index is 2.66. The second kappa shape index (κ2) is 7.37. The molecule has 1 aliphatic carbocycles. The maximum Gasteiger partial charge on any atom is 0.192 e. The van der Waals surface area contributed by atoms with Crippen molar-refractivity contribution < 1.29 is 9.22 Å². The van der Waals surface area contributed by atoms with Gasteiger partial charge in [-0.15, -0.1) is 6.58 Å². The van der Waals surface area contributed by atoms with Crippen molar-refractivity contribution in [2.75, 3.05) is 0 Å². The van der Waals surface area contributed by atoms with Gasteiger partial charge in [-0.05, 0) is 49.0 Å². The third kappa shape index (κ3) is 5.40.